The van der Waals surface area contributed by atoms with Crippen LogP contribution >= 0.6 is 12.4 Å². The number of rotatable bonds is 8. The Kier molecular flexibility index (Phi) is 8.45. The summed E-state index contributed by atoms with van der Waals surface area (Å²) in [4.78, 5) is 0. The van der Waals surface area contributed by atoms with Crippen LogP contribution in [-0.2, 0) is 22.4 Å². The summed E-state index contributed by atoms with van der Waals surface area (Å²) in [5.74, 6) is 1.57. The maximum absolute atomic E-state index is 5.76. The number of halogens is 1. The average molecular weight is 318 g/mol. The highest BCUT2D eigenvalue weighted by molar-refractivity contribution is 5.85. The minimum atomic E-state index is 0. The number of hydrogen-bond donors (Lipinski definition) is 1. The fourth-order valence-corrected chi connectivity index (χ4v) is 2.18. The van der Waals surface area contributed by atoms with Crippen LogP contribution in [0.4, 0.5) is 0 Å². The van der Waals surface area contributed by atoms with Gasteiger partial charge in [-0.3, -0.25) is 0 Å². The van der Waals surface area contributed by atoms with Gasteiger partial charge in [0.15, 0.2) is 11.5 Å². The summed E-state index contributed by atoms with van der Waals surface area (Å²) in [6.07, 6.45) is 1.02. The molecule has 0 atom stereocenters. The van der Waals surface area contributed by atoms with Crippen LogP contribution in [0.3, 0.4) is 0 Å². The predicted molar refractivity (Wildman–Crippen MR) is 83.8 cm³/mol. The first-order valence-electron chi connectivity index (χ1n) is 6.95. The van der Waals surface area contributed by atoms with Gasteiger partial charge in [0.1, 0.15) is 13.2 Å². The van der Waals surface area contributed by atoms with Gasteiger partial charge in [0, 0.05) is 20.8 Å². The summed E-state index contributed by atoms with van der Waals surface area (Å²) in [7, 11) is 3.33. The van der Waals surface area contributed by atoms with Crippen molar-refractivity contribution in [3.63, 3.8) is 0 Å². The molecule has 6 heteroatoms. The van der Waals surface area contributed by atoms with E-state index in [0.29, 0.717) is 26.4 Å². The second kappa shape index (κ2) is 9.84. The number of fused-ring (bicyclic) bond motifs is 1. The molecular formula is C15H24ClNO4. The van der Waals surface area contributed by atoms with Crippen molar-refractivity contribution in [3.05, 3.63) is 23.3 Å². The Morgan fingerprint density at radius 3 is 2.05 bits per heavy atom. The van der Waals surface area contributed by atoms with Crippen molar-refractivity contribution in [1.29, 1.82) is 0 Å². The zero-order valence-corrected chi connectivity index (χ0v) is 13.5. The highest BCUT2D eigenvalue weighted by Gasteiger charge is 2.15. The van der Waals surface area contributed by atoms with Crippen molar-refractivity contribution in [2.24, 2.45) is 0 Å². The lowest BCUT2D eigenvalue weighted by atomic mass is 10.0. The monoisotopic (exact) mass is 317 g/mol. The Balaban J connectivity index is 0.00000220. The molecule has 0 saturated heterocycles. The second-order valence-corrected chi connectivity index (χ2v) is 4.68. The summed E-state index contributed by atoms with van der Waals surface area (Å²) in [5, 5.41) is 3.37. The molecule has 0 unspecified atom stereocenters. The van der Waals surface area contributed by atoms with Gasteiger partial charge in [-0.05, 0) is 36.2 Å². The Hall–Kier alpha value is -1.01. The van der Waals surface area contributed by atoms with Crippen molar-refractivity contribution in [1.82, 2.24) is 5.32 Å². The van der Waals surface area contributed by atoms with Gasteiger partial charge in [-0.25, -0.2) is 0 Å². The highest BCUT2D eigenvalue weighted by Crippen LogP contribution is 2.32. The Labute approximate surface area is 132 Å². The maximum atomic E-state index is 5.76. The molecule has 1 aliphatic rings. The molecule has 0 amide bonds. The molecule has 0 spiro atoms. The van der Waals surface area contributed by atoms with Crippen molar-refractivity contribution >= 4 is 12.4 Å². The molecule has 1 aromatic rings. The van der Waals surface area contributed by atoms with E-state index in [4.69, 9.17) is 18.9 Å². The summed E-state index contributed by atoms with van der Waals surface area (Å²) >= 11 is 0. The molecule has 0 radical (unpaired) electrons. The topological polar surface area (TPSA) is 49.0 Å². The third kappa shape index (κ3) is 5.36. The second-order valence-electron chi connectivity index (χ2n) is 4.68. The first-order chi connectivity index (χ1) is 9.85. The lowest BCUT2D eigenvalue weighted by molar-refractivity contribution is 0.132. The van der Waals surface area contributed by atoms with Crippen LogP contribution in [0.25, 0.3) is 0 Å². The average Bonchev–Trinajstić information content (AvgIpc) is 2.48. The minimum absolute atomic E-state index is 0. The quantitative estimate of drug-likeness (QED) is 0.741. The van der Waals surface area contributed by atoms with Crippen LogP contribution in [0.5, 0.6) is 11.5 Å². The van der Waals surface area contributed by atoms with Crippen molar-refractivity contribution in [2.75, 3.05) is 47.2 Å². The first-order valence-corrected chi connectivity index (χ1v) is 6.95. The van der Waals surface area contributed by atoms with Gasteiger partial charge in [-0.2, -0.15) is 0 Å². The van der Waals surface area contributed by atoms with E-state index in [2.05, 4.69) is 17.4 Å². The van der Waals surface area contributed by atoms with Crippen LogP contribution in [0, 0.1) is 0 Å². The van der Waals surface area contributed by atoms with Gasteiger partial charge < -0.3 is 24.3 Å². The molecule has 1 aliphatic heterocycles. The van der Waals surface area contributed by atoms with Gasteiger partial charge in [-0.15, -0.1) is 12.4 Å². The molecule has 0 aliphatic carbocycles. The van der Waals surface area contributed by atoms with Gasteiger partial charge >= 0.3 is 0 Å². The Bertz CT molecular complexity index is 389. The highest BCUT2D eigenvalue weighted by atomic mass is 35.5. The molecule has 0 saturated carbocycles. The van der Waals surface area contributed by atoms with E-state index >= 15 is 0 Å². The maximum Gasteiger partial charge on any atom is 0.161 e. The zero-order chi connectivity index (χ0) is 14.2. The molecule has 0 fully saturated rings. The van der Waals surface area contributed by atoms with Crippen LogP contribution < -0.4 is 14.8 Å². The van der Waals surface area contributed by atoms with Gasteiger partial charge in [0.25, 0.3) is 0 Å². The third-order valence-electron chi connectivity index (χ3n) is 3.24. The summed E-state index contributed by atoms with van der Waals surface area (Å²) in [6, 6.07) is 4.16. The number of ether oxygens (including phenoxy) is 4. The SMILES string of the molecule is COCCOc1cc2c(cc1OCCOC)CNCC2.Cl. The number of hydrogen-bond acceptors (Lipinski definition) is 5. The minimum Gasteiger partial charge on any atom is -0.487 e. The largest absolute Gasteiger partial charge is 0.487 e. The van der Waals surface area contributed by atoms with Crippen molar-refractivity contribution in [3.8, 4) is 11.5 Å². The molecule has 1 N–H and O–H groups in total. The van der Waals surface area contributed by atoms with Crippen LogP contribution in [0.15, 0.2) is 12.1 Å². The molecule has 21 heavy (non-hydrogen) atoms. The number of nitrogens with one attached hydrogen (secondary N) is 1. The van der Waals surface area contributed by atoms with Gasteiger partial charge in [0.2, 0.25) is 0 Å². The van der Waals surface area contributed by atoms with Gasteiger partial charge in [-0.1, -0.05) is 0 Å². The number of benzene rings is 1. The molecule has 5 nitrogen and oxygen atoms in total. The van der Waals surface area contributed by atoms with E-state index in [1.807, 2.05) is 0 Å². The van der Waals surface area contributed by atoms with E-state index in [1.54, 1.807) is 14.2 Å². The lowest BCUT2D eigenvalue weighted by Crippen LogP contribution is -2.23. The predicted octanol–water partition coefficient (Wildman–Crippen LogP) is 1.80. The van der Waals surface area contributed by atoms with Crippen molar-refractivity contribution in [2.45, 2.75) is 13.0 Å². The molecule has 2 rings (SSSR count). The zero-order valence-electron chi connectivity index (χ0n) is 12.6. The molecule has 1 heterocycles. The Morgan fingerprint density at radius 1 is 0.905 bits per heavy atom. The van der Waals surface area contributed by atoms with Gasteiger partial charge in [0.05, 0.1) is 13.2 Å². The smallest absolute Gasteiger partial charge is 0.161 e. The molecule has 0 bridgehead atoms. The molecule has 0 aromatic heterocycles. The standard InChI is InChI=1S/C15H23NO4.ClH/c1-17-5-7-19-14-9-12-3-4-16-11-13(12)10-15(14)20-8-6-18-2;/h9-10,16H,3-8,11H2,1-2H3;1H. The molecule has 1 aromatic carbocycles. The van der Waals surface area contributed by atoms with Crippen LogP contribution in [0.2, 0.25) is 0 Å². The first kappa shape index (κ1) is 18.0. The fourth-order valence-electron chi connectivity index (χ4n) is 2.18. The number of methoxy groups -OCH3 is 2. The molecule has 120 valence electrons. The fraction of sp³-hybridized carbons (Fsp3) is 0.600. The Morgan fingerprint density at radius 2 is 1.48 bits per heavy atom. The van der Waals surface area contributed by atoms with E-state index in [0.717, 1.165) is 31.0 Å². The normalized spacial score (nSPS) is 13.2. The van der Waals surface area contributed by atoms with Crippen molar-refractivity contribution < 1.29 is 18.9 Å². The third-order valence-corrected chi connectivity index (χ3v) is 3.24. The van der Waals surface area contributed by atoms with Crippen LogP contribution in [-0.4, -0.2) is 47.2 Å². The van der Waals surface area contributed by atoms with E-state index in [-0.39, 0.29) is 12.4 Å². The summed E-state index contributed by atoms with van der Waals surface area (Å²) in [5.41, 5.74) is 2.61. The van der Waals surface area contributed by atoms with E-state index in [9.17, 15) is 0 Å². The lowest BCUT2D eigenvalue weighted by Gasteiger charge is -2.21. The summed E-state index contributed by atoms with van der Waals surface area (Å²) in [6.45, 7) is 4.06. The van der Waals surface area contributed by atoms with E-state index in [1.165, 1.54) is 11.1 Å². The molecular weight excluding hydrogens is 294 g/mol. The van der Waals surface area contributed by atoms with Crippen LogP contribution in [0.1, 0.15) is 11.1 Å². The van der Waals surface area contributed by atoms with E-state index < -0.39 is 0 Å². The summed E-state index contributed by atoms with van der Waals surface area (Å²) < 4.78 is 21.6.